The average molecular weight is 1030 g/mol. The molecular formula is C75H59N3O2. The molecule has 2 aliphatic carbocycles. The third-order valence-corrected chi connectivity index (χ3v) is 16.9. The number of carbonyl (C=O) groups is 2. The first-order chi connectivity index (χ1) is 39.4. The minimum Gasteiger partial charge on any atom is -0.288 e. The van der Waals surface area contributed by atoms with Crippen LogP contribution in [0.25, 0.3) is 75.8 Å². The van der Waals surface area contributed by atoms with Crippen molar-refractivity contribution in [3.05, 3.63) is 249 Å². The number of fused-ring (bicyclic) bond motifs is 14. The summed E-state index contributed by atoms with van der Waals surface area (Å²) in [6.45, 7) is 6.67. The van der Waals surface area contributed by atoms with E-state index in [9.17, 15) is 0 Å². The zero-order valence-electron chi connectivity index (χ0n) is 45.5. The van der Waals surface area contributed by atoms with E-state index in [1.807, 2.05) is 48.5 Å². The van der Waals surface area contributed by atoms with Gasteiger partial charge in [-0.3, -0.25) is 9.59 Å². The Morgan fingerprint density at radius 2 is 0.613 bits per heavy atom. The van der Waals surface area contributed by atoms with Gasteiger partial charge in [0.25, 0.3) is 0 Å². The number of nitrogens with zero attached hydrogens (tertiary/aromatic N) is 3. The van der Waals surface area contributed by atoms with Crippen LogP contribution in [-0.4, -0.2) is 23.0 Å². The molecule has 12 aromatic carbocycles. The van der Waals surface area contributed by atoms with Crippen molar-refractivity contribution in [3.63, 3.8) is 0 Å². The number of aliphatic imine (C=N–C) groups is 2. The van der Waals surface area contributed by atoms with Crippen LogP contribution in [0.2, 0.25) is 0 Å². The third-order valence-electron chi connectivity index (χ3n) is 16.9. The molecule has 12 aromatic rings. The largest absolute Gasteiger partial charge is 0.288 e. The summed E-state index contributed by atoms with van der Waals surface area (Å²) < 4.78 is 0. The molecule has 0 saturated heterocycles. The number of benzene rings is 9. The molecule has 0 aromatic heterocycles. The summed E-state index contributed by atoms with van der Waals surface area (Å²) in [5.74, 6) is -0.125. The zero-order valence-corrected chi connectivity index (χ0v) is 45.5. The van der Waals surface area contributed by atoms with E-state index in [0.717, 1.165) is 166 Å². The lowest BCUT2D eigenvalue weighted by molar-refractivity contribution is 0.105. The number of carbonyl (C=O) groups excluding carboxylic acids is 2. The summed E-state index contributed by atoms with van der Waals surface area (Å²) in [7, 11) is 0. The number of hydrogen-bond acceptors (Lipinski definition) is 5. The van der Waals surface area contributed by atoms with Gasteiger partial charge in [0.1, 0.15) is 0 Å². The summed E-state index contributed by atoms with van der Waals surface area (Å²) in [4.78, 5) is 48.4. The molecule has 0 spiro atoms. The third kappa shape index (κ3) is 7.93. The molecule has 5 heteroatoms. The molecule has 5 nitrogen and oxygen atoms in total. The Hall–Kier alpha value is -9.19. The van der Waals surface area contributed by atoms with E-state index in [1.165, 1.54) is 16.7 Å². The van der Waals surface area contributed by atoms with Crippen LogP contribution in [0.4, 0.5) is 17.1 Å². The molecule has 0 atom stereocenters. The van der Waals surface area contributed by atoms with Crippen molar-refractivity contribution in [1.82, 2.24) is 0 Å². The number of unbranched alkanes of at least 4 members (excludes halogenated alkanes) is 3. The van der Waals surface area contributed by atoms with Crippen LogP contribution in [0.15, 0.2) is 209 Å². The fourth-order valence-electron chi connectivity index (χ4n) is 13.0. The number of ketones is 2. The monoisotopic (exact) mass is 1030 g/mol. The molecule has 0 unspecified atom stereocenters. The SMILES string of the molecule is CCCCc1ccc(N=C2/C(=c3\c4ccccc4c4c3c3c5ccccc5c(=Nc5ccc(CCCC)cc5)c3c3c5ccccc5/c(=C5\C(=O)c6ccccc6C5=Nc5ccc(CCCC)cc5)c34)C(=O)c3ccccc32)cc1. The number of Topliss-reactive ketones (excluding diaryl/α,β-unsaturated/α-hetero) is 2. The lowest BCUT2D eigenvalue weighted by atomic mass is 9.95. The van der Waals surface area contributed by atoms with Crippen LogP contribution < -0.4 is 15.8 Å². The van der Waals surface area contributed by atoms with Gasteiger partial charge < -0.3 is 0 Å². The highest BCUT2D eigenvalue weighted by atomic mass is 16.1. The van der Waals surface area contributed by atoms with Crippen molar-refractivity contribution >= 4 is 116 Å². The van der Waals surface area contributed by atoms with Gasteiger partial charge in [-0.05, 0) is 124 Å². The van der Waals surface area contributed by atoms with Crippen LogP contribution in [0.5, 0.6) is 0 Å². The average Bonchev–Trinajstić information content (AvgIpc) is 4.20. The highest BCUT2D eigenvalue weighted by molar-refractivity contribution is 6.61. The van der Waals surface area contributed by atoms with Gasteiger partial charge in [-0.25, -0.2) is 15.0 Å². The quantitative estimate of drug-likeness (QED) is 0.122. The predicted octanol–water partition coefficient (Wildman–Crippen LogP) is 17.1. The predicted molar refractivity (Wildman–Crippen MR) is 334 cm³/mol. The second-order valence-corrected chi connectivity index (χ2v) is 21.8. The van der Waals surface area contributed by atoms with Gasteiger partial charge in [0.05, 0.1) is 45.0 Å². The van der Waals surface area contributed by atoms with E-state index < -0.39 is 0 Å². The van der Waals surface area contributed by atoms with Crippen LogP contribution in [-0.2, 0) is 19.3 Å². The molecule has 0 radical (unpaired) electrons. The van der Waals surface area contributed by atoms with E-state index in [2.05, 4.69) is 166 Å². The molecule has 0 saturated carbocycles. The molecule has 0 aliphatic heterocycles. The highest BCUT2D eigenvalue weighted by Crippen LogP contribution is 2.45. The van der Waals surface area contributed by atoms with Crippen LogP contribution >= 0.6 is 0 Å². The molecule has 0 bridgehead atoms. The van der Waals surface area contributed by atoms with Gasteiger partial charge in [0.15, 0.2) is 11.6 Å². The molecule has 0 fully saturated rings. The first-order valence-electron chi connectivity index (χ1n) is 28.8. The Morgan fingerprint density at radius 3 is 1.00 bits per heavy atom. The minimum atomic E-state index is -0.0624. The highest BCUT2D eigenvalue weighted by Gasteiger charge is 2.37. The zero-order chi connectivity index (χ0) is 54.0. The second kappa shape index (κ2) is 20.2. The number of rotatable bonds is 12. The first-order valence-corrected chi connectivity index (χ1v) is 28.8. The Labute approximate surface area is 465 Å². The van der Waals surface area contributed by atoms with Crippen molar-refractivity contribution in [3.8, 4) is 0 Å². The Morgan fingerprint density at radius 1 is 0.300 bits per heavy atom. The molecule has 80 heavy (non-hydrogen) atoms. The maximum atomic E-state index is 15.8. The van der Waals surface area contributed by atoms with Gasteiger partial charge in [0, 0.05) is 65.0 Å². The van der Waals surface area contributed by atoms with Crippen molar-refractivity contribution in [2.45, 2.75) is 78.6 Å². The minimum absolute atomic E-state index is 0.0624. The van der Waals surface area contributed by atoms with Crippen molar-refractivity contribution in [1.29, 1.82) is 0 Å². The maximum absolute atomic E-state index is 15.8. The van der Waals surface area contributed by atoms with Gasteiger partial charge in [-0.15, -0.1) is 0 Å². The summed E-state index contributed by atoms with van der Waals surface area (Å²) in [6.07, 6.45) is 9.75. The molecule has 0 N–H and O–H groups in total. The van der Waals surface area contributed by atoms with Crippen molar-refractivity contribution < 1.29 is 9.59 Å². The Kier molecular flexibility index (Phi) is 12.4. The Balaban J connectivity index is 1.22. The van der Waals surface area contributed by atoms with Gasteiger partial charge in [-0.2, -0.15) is 0 Å². The number of aryl methyl sites for hydroxylation is 3. The van der Waals surface area contributed by atoms with Gasteiger partial charge >= 0.3 is 0 Å². The summed E-state index contributed by atoms with van der Waals surface area (Å²) in [5, 5.41) is 14.4. The van der Waals surface area contributed by atoms with E-state index in [0.29, 0.717) is 33.7 Å². The maximum Gasteiger partial charge on any atom is 0.196 e. The standard InChI is InChI=1S/C75H59N3O2/c1-4-7-20-45-33-39-48(40-34-45)76-71-56-28-15-14-27-55(56)63-67-61(51-23-10-12-25-53(51)64(67)69-72(57-29-16-18-31-59(57)74(69)79)77-49-41-35-46(36-42-49)21-8-5-2)66-62(68(63)71)52-24-11-13-26-54(52)65(66)70-73(58-30-17-19-32-60(58)75(70)80)78-50-43-37-47(38-44-50)22-9-6-3/h10-19,23-44H,4-9,20-22H2,1-3H3/b69-64-,70-65+,76-71?,77-72?,78-73?. The fourth-order valence-corrected chi connectivity index (χ4v) is 13.0. The lowest BCUT2D eigenvalue weighted by Crippen LogP contribution is -2.16. The van der Waals surface area contributed by atoms with Gasteiger partial charge in [0.2, 0.25) is 0 Å². The van der Waals surface area contributed by atoms with Crippen LogP contribution in [0, 0.1) is 0 Å². The topological polar surface area (TPSA) is 71.2 Å². The van der Waals surface area contributed by atoms with Crippen LogP contribution in [0.1, 0.15) is 108 Å². The van der Waals surface area contributed by atoms with Crippen LogP contribution in [0.3, 0.4) is 0 Å². The molecule has 14 rings (SSSR count). The number of hydrogen-bond donors (Lipinski definition) is 0. The molecule has 386 valence electrons. The fraction of sp³-hybridized carbons (Fsp3) is 0.160. The van der Waals surface area contributed by atoms with E-state index in [-0.39, 0.29) is 11.6 Å². The summed E-state index contributed by atoms with van der Waals surface area (Å²) in [6, 6.07) is 67.5. The van der Waals surface area contributed by atoms with E-state index >= 15 is 9.59 Å². The van der Waals surface area contributed by atoms with E-state index in [1.54, 1.807) is 0 Å². The molecule has 2 aliphatic rings. The normalized spacial score (nSPS) is 16.1. The molecule has 0 amide bonds. The summed E-state index contributed by atoms with van der Waals surface area (Å²) in [5.41, 5.74) is 11.6. The smallest absolute Gasteiger partial charge is 0.196 e. The van der Waals surface area contributed by atoms with E-state index in [4.69, 9.17) is 15.0 Å². The molecule has 0 heterocycles. The second-order valence-electron chi connectivity index (χ2n) is 21.8. The van der Waals surface area contributed by atoms with Crippen molar-refractivity contribution in [2.75, 3.05) is 0 Å². The lowest BCUT2D eigenvalue weighted by Gasteiger charge is -2.07. The van der Waals surface area contributed by atoms with Crippen molar-refractivity contribution in [2.24, 2.45) is 15.0 Å². The molecular weight excluding hydrogens is 975 g/mol. The summed E-state index contributed by atoms with van der Waals surface area (Å²) >= 11 is 0. The van der Waals surface area contributed by atoms with Gasteiger partial charge in [-0.1, -0.05) is 198 Å². The Bertz CT molecular complexity index is 4610. The first kappa shape index (κ1) is 49.1.